The Morgan fingerprint density at radius 1 is 1.50 bits per heavy atom. The monoisotopic (exact) mass is 254 g/mol. The number of ether oxygens (including phenoxy) is 1. The van der Waals surface area contributed by atoms with Crippen molar-refractivity contribution >= 4 is 5.91 Å². The first-order valence-corrected chi connectivity index (χ1v) is 6.05. The summed E-state index contributed by atoms with van der Waals surface area (Å²) in [6, 6.07) is 3.24. The first-order chi connectivity index (χ1) is 8.75. The van der Waals surface area contributed by atoms with Crippen molar-refractivity contribution in [2.45, 2.75) is 6.10 Å². The van der Waals surface area contributed by atoms with E-state index in [0.717, 1.165) is 13.1 Å². The molecule has 1 unspecified atom stereocenters. The van der Waals surface area contributed by atoms with E-state index in [1.54, 1.807) is 12.1 Å². The topological polar surface area (TPSA) is 74.9 Å². The highest BCUT2D eigenvalue weighted by molar-refractivity contribution is 5.91. The number of carbonyl (C=O) groups is 1. The lowest BCUT2D eigenvalue weighted by molar-refractivity contribution is 0.0148. The van der Waals surface area contributed by atoms with Crippen LogP contribution in [0, 0.1) is 0 Å². The Labute approximate surface area is 106 Å². The van der Waals surface area contributed by atoms with Crippen LogP contribution in [0.5, 0.6) is 0 Å². The van der Waals surface area contributed by atoms with Gasteiger partial charge >= 0.3 is 0 Å². The SMILES string of the molecule is O=C(NCC(O)CN1CCOCC1)c1ccco1. The normalized spacial score (nSPS) is 18.5. The van der Waals surface area contributed by atoms with Gasteiger partial charge in [0.15, 0.2) is 5.76 Å². The summed E-state index contributed by atoms with van der Waals surface area (Å²) in [7, 11) is 0. The number of morpholine rings is 1. The summed E-state index contributed by atoms with van der Waals surface area (Å²) in [6.07, 6.45) is 0.862. The van der Waals surface area contributed by atoms with Crippen LogP contribution in [0.2, 0.25) is 0 Å². The van der Waals surface area contributed by atoms with Crippen molar-refractivity contribution in [1.29, 1.82) is 0 Å². The maximum Gasteiger partial charge on any atom is 0.287 e. The highest BCUT2D eigenvalue weighted by Crippen LogP contribution is 2.00. The zero-order valence-corrected chi connectivity index (χ0v) is 10.2. The van der Waals surface area contributed by atoms with Crippen LogP contribution < -0.4 is 5.32 Å². The fraction of sp³-hybridized carbons (Fsp3) is 0.583. The van der Waals surface area contributed by atoms with Gasteiger partial charge in [0.05, 0.1) is 25.6 Å². The van der Waals surface area contributed by atoms with Gasteiger partial charge in [-0.2, -0.15) is 0 Å². The van der Waals surface area contributed by atoms with Gasteiger partial charge in [0.2, 0.25) is 0 Å². The summed E-state index contributed by atoms with van der Waals surface area (Å²) in [5.74, 6) is -0.0467. The van der Waals surface area contributed by atoms with E-state index in [4.69, 9.17) is 9.15 Å². The molecule has 0 bridgehead atoms. The van der Waals surface area contributed by atoms with Crippen molar-refractivity contribution in [3.05, 3.63) is 24.2 Å². The summed E-state index contributed by atoms with van der Waals surface area (Å²) in [4.78, 5) is 13.7. The number of carbonyl (C=O) groups excluding carboxylic acids is 1. The van der Waals surface area contributed by atoms with Crippen molar-refractivity contribution < 1.29 is 19.1 Å². The number of hydrogen-bond donors (Lipinski definition) is 2. The van der Waals surface area contributed by atoms with Gasteiger partial charge < -0.3 is 19.6 Å². The van der Waals surface area contributed by atoms with Crippen LogP contribution >= 0.6 is 0 Å². The summed E-state index contributed by atoms with van der Waals surface area (Å²) in [5.41, 5.74) is 0. The lowest BCUT2D eigenvalue weighted by Gasteiger charge is -2.28. The number of furan rings is 1. The summed E-state index contributed by atoms with van der Waals surface area (Å²) >= 11 is 0. The van der Waals surface area contributed by atoms with Gasteiger partial charge in [0, 0.05) is 26.2 Å². The van der Waals surface area contributed by atoms with Gasteiger partial charge in [-0.05, 0) is 12.1 Å². The van der Waals surface area contributed by atoms with E-state index in [2.05, 4.69) is 10.2 Å². The van der Waals surface area contributed by atoms with Gasteiger partial charge in [-0.25, -0.2) is 0 Å². The molecule has 0 spiro atoms. The number of nitrogens with zero attached hydrogens (tertiary/aromatic N) is 1. The Morgan fingerprint density at radius 2 is 2.28 bits per heavy atom. The molecule has 2 heterocycles. The average molecular weight is 254 g/mol. The Morgan fingerprint density at radius 3 is 2.94 bits per heavy atom. The van der Waals surface area contributed by atoms with E-state index in [9.17, 15) is 9.90 Å². The van der Waals surface area contributed by atoms with Crippen LogP contribution in [0.1, 0.15) is 10.6 Å². The molecule has 2 rings (SSSR count). The molecule has 0 aliphatic carbocycles. The second kappa shape index (κ2) is 6.53. The van der Waals surface area contributed by atoms with E-state index < -0.39 is 6.10 Å². The van der Waals surface area contributed by atoms with E-state index in [0.29, 0.717) is 19.8 Å². The molecular weight excluding hydrogens is 236 g/mol. The number of rotatable bonds is 5. The minimum atomic E-state index is -0.581. The number of aliphatic hydroxyl groups is 1. The third kappa shape index (κ3) is 3.83. The lowest BCUT2D eigenvalue weighted by atomic mass is 10.3. The Hall–Kier alpha value is -1.37. The molecule has 1 aliphatic rings. The molecule has 6 nitrogen and oxygen atoms in total. The van der Waals surface area contributed by atoms with Crippen molar-refractivity contribution in [2.75, 3.05) is 39.4 Å². The molecular formula is C12H18N2O4. The van der Waals surface area contributed by atoms with Crippen LogP contribution in [0.25, 0.3) is 0 Å². The highest BCUT2D eigenvalue weighted by atomic mass is 16.5. The number of aliphatic hydroxyl groups excluding tert-OH is 1. The molecule has 0 saturated carbocycles. The molecule has 2 N–H and O–H groups in total. The molecule has 1 aliphatic heterocycles. The molecule has 1 amide bonds. The van der Waals surface area contributed by atoms with E-state index >= 15 is 0 Å². The predicted octanol–water partition coefficient (Wildman–Crippen LogP) is -0.297. The number of hydrogen-bond acceptors (Lipinski definition) is 5. The van der Waals surface area contributed by atoms with Crippen molar-refractivity contribution in [3.63, 3.8) is 0 Å². The van der Waals surface area contributed by atoms with Gasteiger partial charge in [-0.3, -0.25) is 9.69 Å². The molecule has 6 heteroatoms. The predicted molar refractivity (Wildman–Crippen MR) is 64.3 cm³/mol. The van der Waals surface area contributed by atoms with Gasteiger partial charge in [-0.15, -0.1) is 0 Å². The van der Waals surface area contributed by atoms with Crippen LogP contribution in [0.4, 0.5) is 0 Å². The van der Waals surface area contributed by atoms with Crippen LogP contribution in [-0.2, 0) is 4.74 Å². The van der Waals surface area contributed by atoms with Gasteiger partial charge in [0.25, 0.3) is 5.91 Å². The van der Waals surface area contributed by atoms with E-state index in [1.807, 2.05) is 0 Å². The minimum absolute atomic E-state index is 0.219. The van der Waals surface area contributed by atoms with Crippen LogP contribution in [0.3, 0.4) is 0 Å². The molecule has 1 atom stereocenters. The molecule has 1 saturated heterocycles. The first kappa shape index (κ1) is 13.1. The third-order valence-corrected chi connectivity index (χ3v) is 2.82. The van der Waals surface area contributed by atoms with Gasteiger partial charge in [0.1, 0.15) is 0 Å². The smallest absolute Gasteiger partial charge is 0.287 e. The maximum absolute atomic E-state index is 11.6. The molecule has 1 fully saturated rings. The second-order valence-corrected chi connectivity index (χ2v) is 4.25. The summed E-state index contributed by atoms with van der Waals surface area (Å²) in [5, 5.41) is 12.5. The Bertz CT molecular complexity index is 360. The average Bonchev–Trinajstić information content (AvgIpc) is 2.91. The standard InChI is InChI=1S/C12H18N2O4/c15-10(9-14-3-6-17-7-4-14)8-13-12(16)11-2-1-5-18-11/h1-2,5,10,15H,3-4,6-9H2,(H,13,16). The lowest BCUT2D eigenvalue weighted by Crippen LogP contribution is -2.44. The van der Waals surface area contributed by atoms with Crippen molar-refractivity contribution in [1.82, 2.24) is 10.2 Å². The first-order valence-electron chi connectivity index (χ1n) is 6.05. The number of β-amino-alcohol motifs (C(OH)–C–C–N with tert-alkyl or cyclic N) is 1. The number of nitrogens with one attached hydrogen (secondary N) is 1. The summed E-state index contributed by atoms with van der Waals surface area (Å²) < 4.78 is 10.2. The third-order valence-electron chi connectivity index (χ3n) is 2.82. The van der Waals surface area contributed by atoms with Crippen molar-refractivity contribution in [3.8, 4) is 0 Å². The van der Waals surface area contributed by atoms with E-state index in [-0.39, 0.29) is 18.2 Å². The second-order valence-electron chi connectivity index (χ2n) is 4.25. The molecule has 100 valence electrons. The molecule has 0 aromatic carbocycles. The molecule has 1 aromatic heterocycles. The van der Waals surface area contributed by atoms with Crippen LogP contribution in [0.15, 0.2) is 22.8 Å². The Kier molecular flexibility index (Phi) is 4.74. The zero-order valence-electron chi connectivity index (χ0n) is 10.2. The van der Waals surface area contributed by atoms with Crippen LogP contribution in [-0.4, -0.2) is 61.4 Å². The largest absolute Gasteiger partial charge is 0.459 e. The number of amides is 1. The Balaban J connectivity index is 1.68. The van der Waals surface area contributed by atoms with Crippen molar-refractivity contribution in [2.24, 2.45) is 0 Å². The fourth-order valence-electron chi connectivity index (χ4n) is 1.85. The molecule has 0 radical (unpaired) electrons. The fourth-order valence-corrected chi connectivity index (χ4v) is 1.85. The highest BCUT2D eigenvalue weighted by Gasteiger charge is 2.16. The quantitative estimate of drug-likeness (QED) is 0.754. The molecule has 18 heavy (non-hydrogen) atoms. The van der Waals surface area contributed by atoms with E-state index in [1.165, 1.54) is 6.26 Å². The minimum Gasteiger partial charge on any atom is -0.459 e. The maximum atomic E-state index is 11.6. The zero-order chi connectivity index (χ0) is 12.8. The molecule has 1 aromatic rings. The summed E-state index contributed by atoms with van der Waals surface area (Å²) in [6.45, 7) is 3.81. The van der Waals surface area contributed by atoms with Gasteiger partial charge in [-0.1, -0.05) is 0 Å².